The Morgan fingerprint density at radius 2 is 1.75 bits per heavy atom. The number of rotatable bonds is 3. The molecule has 2 heteroatoms. The van der Waals surface area contributed by atoms with Crippen LogP contribution >= 0.6 is 0 Å². The van der Waals surface area contributed by atoms with Crippen molar-refractivity contribution in [2.45, 2.75) is 45.8 Å². The van der Waals surface area contributed by atoms with Gasteiger partial charge in [-0.15, -0.1) is 0 Å². The molecule has 0 spiro atoms. The van der Waals surface area contributed by atoms with Crippen molar-refractivity contribution in [1.82, 2.24) is 4.98 Å². The number of hydrogen-bond donors (Lipinski definition) is 1. The first-order chi connectivity index (χ1) is 5.31. The fraction of sp³-hybridized carbons (Fsp3) is 0.800. The maximum atomic E-state index is 3.65. The van der Waals surface area contributed by atoms with Crippen LogP contribution in [0.4, 0.5) is 0 Å². The van der Waals surface area contributed by atoms with Gasteiger partial charge in [0.15, 0.2) is 0 Å². The van der Waals surface area contributed by atoms with E-state index in [1.54, 1.807) is 0 Å². The van der Waals surface area contributed by atoms with Gasteiger partial charge in [0, 0.05) is 6.54 Å². The van der Waals surface area contributed by atoms with Crippen LogP contribution in [-0.2, 0) is 0 Å². The van der Waals surface area contributed by atoms with Crippen LogP contribution in [0.15, 0.2) is 12.2 Å². The molecule has 0 amide bonds. The fourth-order valence-electron chi connectivity index (χ4n) is 0.697. The quantitative estimate of drug-likeness (QED) is 0.526. The summed E-state index contributed by atoms with van der Waals surface area (Å²) in [5.74, 6) is 0. The molecule has 0 unspecified atom stereocenters. The minimum Gasteiger partial charge on any atom is -0.334 e. The average molecular weight is 185 g/mol. The number of hydrogen-bond acceptors (Lipinski definition) is 1. The van der Waals surface area contributed by atoms with Gasteiger partial charge in [-0.05, 0) is 12.0 Å². The van der Waals surface area contributed by atoms with E-state index in [1.807, 2.05) is 0 Å². The van der Waals surface area contributed by atoms with Crippen LogP contribution in [0.25, 0.3) is 0 Å². The second kappa shape index (κ2) is 4.24. The molecule has 0 saturated carbocycles. The monoisotopic (exact) mass is 185 g/mol. The zero-order valence-corrected chi connectivity index (χ0v) is 10.4. The molecule has 0 aliphatic carbocycles. The summed E-state index contributed by atoms with van der Waals surface area (Å²) in [4.78, 5) is 3.65. The first kappa shape index (κ1) is 11.9. The van der Waals surface area contributed by atoms with Crippen LogP contribution in [0, 0.1) is 0 Å². The lowest BCUT2D eigenvalue weighted by Crippen LogP contribution is -2.52. The van der Waals surface area contributed by atoms with E-state index in [0.29, 0.717) is 5.04 Å². The molecule has 0 aromatic rings. The topological polar surface area (TPSA) is 12.0 Å². The second-order valence-electron chi connectivity index (χ2n) is 4.82. The van der Waals surface area contributed by atoms with Gasteiger partial charge < -0.3 is 4.98 Å². The van der Waals surface area contributed by atoms with Crippen LogP contribution in [0.2, 0.25) is 18.1 Å². The van der Waals surface area contributed by atoms with Gasteiger partial charge >= 0.3 is 0 Å². The van der Waals surface area contributed by atoms with Crippen molar-refractivity contribution in [1.29, 1.82) is 0 Å². The summed E-state index contributed by atoms with van der Waals surface area (Å²) in [7, 11) is -1.24. The maximum Gasteiger partial charge on any atom is 0.125 e. The van der Waals surface area contributed by atoms with Crippen molar-refractivity contribution in [2.24, 2.45) is 0 Å². The first-order valence-electron chi connectivity index (χ1n) is 4.67. The average Bonchev–Trinajstić information content (AvgIpc) is 1.85. The van der Waals surface area contributed by atoms with Crippen LogP contribution in [0.5, 0.6) is 0 Å². The Hall–Kier alpha value is -0.0831. The van der Waals surface area contributed by atoms with Crippen molar-refractivity contribution in [3.8, 4) is 0 Å². The van der Waals surface area contributed by atoms with E-state index >= 15 is 0 Å². The Balaban J connectivity index is 4.05. The summed E-state index contributed by atoms with van der Waals surface area (Å²) in [6.45, 7) is 14.8. The highest BCUT2D eigenvalue weighted by molar-refractivity contribution is 6.77. The summed E-state index contributed by atoms with van der Waals surface area (Å²) in [6, 6.07) is 0. The molecule has 0 fully saturated rings. The second-order valence-corrected chi connectivity index (χ2v) is 9.93. The molecule has 0 aliphatic rings. The Morgan fingerprint density at radius 1 is 1.25 bits per heavy atom. The Kier molecular flexibility index (Phi) is 4.21. The molecule has 0 rings (SSSR count). The van der Waals surface area contributed by atoms with Gasteiger partial charge in [-0.2, -0.15) is 0 Å². The Bertz CT molecular complexity index is 154. The lowest BCUT2D eigenvalue weighted by atomic mass is 10.2. The smallest absolute Gasteiger partial charge is 0.125 e. The highest BCUT2D eigenvalue weighted by atomic mass is 28.3. The SMILES string of the molecule is CC=CCN[Si](C)(C)C(C)(C)C. The van der Waals surface area contributed by atoms with Crippen molar-refractivity contribution >= 4 is 8.24 Å². The summed E-state index contributed by atoms with van der Waals surface area (Å²) in [6.07, 6.45) is 4.28. The molecule has 0 saturated heterocycles. The van der Waals surface area contributed by atoms with Crippen LogP contribution in [0.3, 0.4) is 0 Å². The molecule has 0 aromatic carbocycles. The maximum absolute atomic E-state index is 3.65. The van der Waals surface area contributed by atoms with Crippen molar-refractivity contribution in [3.05, 3.63) is 12.2 Å². The van der Waals surface area contributed by atoms with Gasteiger partial charge in [-0.25, -0.2) is 0 Å². The summed E-state index contributed by atoms with van der Waals surface area (Å²) < 4.78 is 0. The van der Waals surface area contributed by atoms with Gasteiger partial charge in [0.2, 0.25) is 0 Å². The highest BCUT2D eigenvalue weighted by Gasteiger charge is 2.34. The molecule has 12 heavy (non-hydrogen) atoms. The molecular formula is C10H23NSi. The number of allylic oxidation sites excluding steroid dienone is 1. The summed E-state index contributed by atoms with van der Waals surface area (Å²) >= 11 is 0. The van der Waals surface area contributed by atoms with E-state index < -0.39 is 8.24 Å². The van der Waals surface area contributed by atoms with E-state index in [9.17, 15) is 0 Å². The molecule has 72 valence electrons. The minimum absolute atomic E-state index is 0.439. The molecule has 0 bridgehead atoms. The van der Waals surface area contributed by atoms with Gasteiger partial charge in [0.1, 0.15) is 8.24 Å². The van der Waals surface area contributed by atoms with E-state index in [1.165, 1.54) is 0 Å². The molecule has 1 nitrogen and oxygen atoms in total. The largest absolute Gasteiger partial charge is 0.334 e. The zero-order chi connectivity index (χ0) is 9.83. The highest BCUT2D eigenvalue weighted by Crippen LogP contribution is 2.33. The molecule has 0 heterocycles. The Labute approximate surface area is 78.3 Å². The van der Waals surface area contributed by atoms with Crippen LogP contribution in [0.1, 0.15) is 27.7 Å². The molecule has 0 aromatic heterocycles. The first-order valence-corrected chi connectivity index (χ1v) is 7.67. The summed E-state index contributed by atoms with van der Waals surface area (Å²) in [5.41, 5.74) is 0. The lowest BCUT2D eigenvalue weighted by Gasteiger charge is -2.37. The minimum atomic E-state index is -1.24. The molecular weight excluding hydrogens is 162 g/mol. The number of nitrogens with one attached hydrogen (secondary N) is 1. The molecule has 1 N–H and O–H groups in total. The van der Waals surface area contributed by atoms with Crippen molar-refractivity contribution < 1.29 is 0 Å². The van der Waals surface area contributed by atoms with Gasteiger partial charge in [0.25, 0.3) is 0 Å². The van der Waals surface area contributed by atoms with E-state index in [0.717, 1.165) is 6.54 Å². The van der Waals surface area contributed by atoms with E-state index in [2.05, 4.69) is 57.9 Å². The lowest BCUT2D eigenvalue weighted by molar-refractivity contribution is 0.695. The summed E-state index contributed by atoms with van der Waals surface area (Å²) in [5, 5.41) is 0.439. The van der Waals surface area contributed by atoms with E-state index in [4.69, 9.17) is 0 Å². The van der Waals surface area contributed by atoms with Gasteiger partial charge in [0.05, 0.1) is 0 Å². The Morgan fingerprint density at radius 3 is 2.08 bits per heavy atom. The predicted octanol–water partition coefficient (Wildman–Crippen LogP) is 3.16. The zero-order valence-electron chi connectivity index (χ0n) is 9.36. The molecule has 0 atom stereocenters. The van der Waals surface area contributed by atoms with E-state index in [-0.39, 0.29) is 0 Å². The van der Waals surface area contributed by atoms with Crippen molar-refractivity contribution in [2.75, 3.05) is 6.54 Å². The standard InChI is InChI=1S/C10H23NSi/c1-7-8-9-11-12(5,6)10(2,3)4/h7-8,11H,9H2,1-6H3. The van der Waals surface area contributed by atoms with Crippen molar-refractivity contribution in [3.63, 3.8) is 0 Å². The third-order valence-electron chi connectivity index (χ3n) is 2.77. The third-order valence-corrected chi connectivity index (χ3v) is 7.61. The van der Waals surface area contributed by atoms with Crippen LogP contribution < -0.4 is 4.98 Å². The van der Waals surface area contributed by atoms with Crippen LogP contribution in [-0.4, -0.2) is 14.8 Å². The van der Waals surface area contributed by atoms with Gasteiger partial charge in [-0.1, -0.05) is 46.0 Å². The predicted molar refractivity (Wildman–Crippen MR) is 60.0 cm³/mol. The normalized spacial score (nSPS) is 14.2. The molecule has 0 radical (unpaired) electrons. The fourth-order valence-corrected chi connectivity index (χ4v) is 1.86. The van der Waals surface area contributed by atoms with Gasteiger partial charge in [-0.3, -0.25) is 0 Å². The third kappa shape index (κ3) is 3.54. The molecule has 0 aliphatic heterocycles.